The molecule has 0 saturated carbocycles. The average molecular weight is 334 g/mol. The molecule has 0 aliphatic rings. The summed E-state index contributed by atoms with van der Waals surface area (Å²) in [6, 6.07) is 8.93. The largest absolute Gasteiger partial charge is 0.366 e. The van der Waals surface area contributed by atoms with E-state index < -0.39 is 10.1 Å². The summed E-state index contributed by atoms with van der Waals surface area (Å²) in [6.45, 7) is 3.87. The van der Waals surface area contributed by atoms with Crippen LogP contribution in [0, 0.1) is 13.8 Å². The highest BCUT2D eigenvalue weighted by Crippen LogP contribution is 2.08. The highest BCUT2D eigenvalue weighted by atomic mass is 32.2. The molecule has 0 radical (unpaired) electrons. The molecule has 0 fully saturated rings. The van der Waals surface area contributed by atoms with Gasteiger partial charge in [-0.15, -0.1) is 0 Å². The van der Waals surface area contributed by atoms with E-state index in [2.05, 4.69) is 4.98 Å². The number of carbonyl (C=O) groups is 1. The summed E-state index contributed by atoms with van der Waals surface area (Å²) in [5.74, 6) is -0.359. The first-order valence-electron chi connectivity index (χ1n) is 6.61. The Kier molecular flexibility index (Phi) is 6.62. The number of rotatable bonds is 3. The first-order chi connectivity index (χ1) is 10.7. The predicted octanol–water partition coefficient (Wildman–Crippen LogP) is 2.34. The van der Waals surface area contributed by atoms with E-state index in [0.29, 0.717) is 16.5 Å². The third kappa shape index (κ3) is 7.35. The smallest absolute Gasteiger partial charge is 0.287 e. The van der Waals surface area contributed by atoms with Crippen LogP contribution < -0.4 is 5.73 Å². The van der Waals surface area contributed by atoms with Crippen LogP contribution in [0.4, 0.5) is 0 Å². The van der Waals surface area contributed by atoms with Gasteiger partial charge in [0, 0.05) is 18.0 Å². The Morgan fingerprint density at radius 1 is 1.26 bits per heavy atom. The van der Waals surface area contributed by atoms with Gasteiger partial charge in [0.1, 0.15) is 0 Å². The molecule has 0 aliphatic carbocycles. The molecule has 0 saturated heterocycles. The van der Waals surface area contributed by atoms with E-state index in [9.17, 15) is 13.2 Å². The molecule has 1 aromatic carbocycles. The first kappa shape index (κ1) is 18.5. The van der Waals surface area contributed by atoms with E-state index in [1.54, 1.807) is 24.4 Å². The van der Waals surface area contributed by atoms with Gasteiger partial charge in [-0.1, -0.05) is 23.8 Å². The summed E-state index contributed by atoms with van der Waals surface area (Å²) < 4.78 is 28.8. The third-order valence-corrected chi connectivity index (χ3v) is 3.24. The molecule has 1 amide bonds. The number of hydrogen-bond acceptors (Lipinski definition) is 4. The molecule has 0 unspecified atom stereocenters. The minimum absolute atomic E-state index is 0.359. The van der Waals surface area contributed by atoms with Crippen LogP contribution in [0.2, 0.25) is 0 Å². The molecule has 6 nitrogen and oxygen atoms in total. The standard InChI is InChI=1S/C9H11NO.C7H7NO3S/c1-6-3-4-8(9(10)11)7(2)5-6;9-12(10,11)5-3-7-2-1-4-8-6-7/h3-5H,1-2H3,(H2,10,11);1-6H,(H,9,10,11)/b;5-3+. The van der Waals surface area contributed by atoms with E-state index in [4.69, 9.17) is 10.3 Å². The van der Waals surface area contributed by atoms with Crippen molar-refractivity contribution < 1.29 is 17.8 Å². The lowest BCUT2D eigenvalue weighted by Crippen LogP contribution is -2.12. The fraction of sp³-hybridized carbons (Fsp3) is 0.125. The third-order valence-electron chi connectivity index (χ3n) is 2.76. The topological polar surface area (TPSA) is 110 Å². The van der Waals surface area contributed by atoms with Gasteiger partial charge in [0.05, 0.1) is 5.41 Å². The lowest BCUT2D eigenvalue weighted by atomic mass is 10.1. The van der Waals surface area contributed by atoms with Gasteiger partial charge in [-0.25, -0.2) is 0 Å². The number of primary amides is 1. The lowest BCUT2D eigenvalue weighted by molar-refractivity contribution is 0.0999. The van der Waals surface area contributed by atoms with Crippen molar-refractivity contribution in [3.05, 3.63) is 70.4 Å². The molecule has 2 aromatic rings. The average Bonchev–Trinajstić information content (AvgIpc) is 2.46. The van der Waals surface area contributed by atoms with E-state index in [-0.39, 0.29) is 5.91 Å². The minimum atomic E-state index is -4.03. The van der Waals surface area contributed by atoms with Gasteiger partial charge in [-0.2, -0.15) is 8.42 Å². The number of pyridine rings is 1. The van der Waals surface area contributed by atoms with Crippen molar-refractivity contribution in [2.75, 3.05) is 0 Å². The second-order valence-corrected chi connectivity index (χ2v) is 6.09. The van der Waals surface area contributed by atoms with Gasteiger partial charge < -0.3 is 5.73 Å². The summed E-state index contributed by atoms with van der Waals surface area (Å²) in [5.41, 5.74) is 8.44. The monoisotopic (exact) mass is 334 g/mol. The van der Waals surface area contributed by atoms with Crippen LogP contribution in [-0.2, 0) is 10.1 Å². The van der Waals surface area contributed by atoms with Crippen LogP contribution >= 0.6 is 0 Å². The van der Waals surface area contributed by atoms with E-state index in [0.717, 1.165) is 11.1 Å². The van der Waals surface area contributed by atoms with E-state index in [1.165, 1.54) is 12.3 Å². The quantitative estimate of drug-likeness (QED) is 0.837. The lowest BCUT2D eigenvalue weighted by Gasteiger charge is -2.01. The van der Waals surface area contributed by atoms with Crippen LogP contribution in [0.3, 0.4) is 0 Å². The Bertz CT molecular complexity index is 800. The molecule has 23 heavy (non-hydrogen) atoms. The number of benzene rings is 1. The molecule has 1 aromatic heterocycles. The zero-order chi connectivity index (χ0) is 17.5. The fourth-order valence-corrected chi connectivity index (χ4v) is 2.06. The van der Waals surface area contributed by atoms with Crippen molar-refractivity contribution >= 4 is 22.1 Å². The zero-order valence-electron chi connectivity index (χ0n) is 12.8. The molecular formula is C16H18N2O4S. The number of carbonyl (C=O) groups excluding carboxylic acids is 1. The molecule has 1 heterocycles. The number of aryl methyl sites for hydroxylation is 2. The van der Waals surface area contributed by atoms with E-state index in [1.807, 2.05) is 26.0 Å². The van der Waals surface area contributed by atoms with Crippen molar-refractivity contribution in [1.29, 1.82) is 0 Å². The Balaban J connectivity index is 0.000000231. The summed E-state index contributed by atoms with van der Waals surface area (Å²) in [5, 5.41) is 0.712. The van der Waals surface area contributed by atoms with Crippen LogP contribution in [0.25, 0.3) is 6.08 Å². The van der Waals surface area contributed by atoms with E-state index >= 15 is 0 Å². The molecule has 7 heteroatoms. The number of hydrogen-bond donors (Lipinski definition) is 2. The number of amides is 1. The van der Waals surface area contributed by atoms with Crippen LogP contribution in [0.15, 0.2) is 48.1 Å². The molecule has 0 spiro atoms. The fourth-order valence-electron chi connectivity index (χ4n) is 1.73. The highest BCUT2D eigenvalue weighted by molar-refractivity contribution is 7.88. The summed E-state index contributed by atoms with van der Waals surface area (Å²) in [7, 11) is -4.03. The maximum absolute atomic E-state index is 10.8. The highest BCUT2D eigenvalue weighted by Gasteiger charge is 2.02. The van der Waals surface area contributed by atoms with Crippen molar-refractivity contribution in [1.82, 2.24) is 4.98 Å². The molecule has 2 rings (SSSR count). The van der Waals surface area contributed by atoms with Gasteiger partial charge in [-0.3, -0.25) is 14.3 Å². The Hall–Kier alpha value is -2.51. The van der Waals surface area contributed by atoms with Crippen LogP contribution in [0.1, 0.15) is 27.0 Å². The Labute approximate surface area is 135 Å². The molecule has 0 atom stereocenters. The number of aromatic nitrogens is 1. The van der Waals surface area contributed by atoms with Gasteiger partial charge in [-0.05, 0) is 43.2 Å². The first-order valence-corrected chi connectivity index (χ1v) is 8.12. The summed E-state index contributed by atoms with van der Waals surface area (Å²) in [4.78, 5) is 14.5. The van der Waals surface area contributed by atoms with Crippen LogP contribution in [0.5, 0.6) is 0 Å². The predicted molar refractivity (Wildman–Crippen MR) is 89.3 cm³/mol. The SMILES string of the molecule is Cc1ccc(C(N)=O)c(C)c1.O=S(=O)(O)/C=C/c1cccnc1. The Morgan fingerprint density at radius 2 is 1.96 bits per heavy atom. The molecular weight excluding hydrogens is 316 g/mol. The maximum Gasteiger partial charge on any atom is 0.287 e. The summed E-state index contributed by atoms with van der Waals surface area (Å²) >= 11 is 0. The van der Waals surface area contributed by atoms with Gasteiger partial charge in [0.15, 0.2) is 0 Å². The molecule has 122 valence electrons. The van der Waals surface area contributed by atoms with Gasteiger partial charge in [0.2, 0.25) is 5.91 Å². The Morgan fingerprint density at radius 3 is 2.43 bits per heavy atom. The normalized spacial score (nSPS) is 10.9. The zero-order valence-corrected chi connectivity index (χ0v) is 13.6. The second-order valence-electron chi connectivity index (χ2n) is 4.79. The molecule has 3 N–H and O–H groups in total. The van der Waals surface area contributed by atoms with Crippen molar-refractivity contribution in [2.45, 2.75) is 13.8 Å². The van der Waals surface area contributed by atoms with Gasteiger partial charge >= 0.3 is 0 Å². The number of nitrogens with zero attached hydrogens (tertiary/aromatic N) is 1. The molecule has 0 bridgehead atoms. The van der Waals surface area contributed by atoms with Crippen molar-refractivity contribution in [3.8, 4) is 0 Å². The van der Waals surface area contributed by atoms with Gasteiger partial charge in [0.25, 0.3) is 10.1 Å². The maximum atomic E-state index is 10.8. The minimum Gasteiger partial charge on any atom is -0.366 e. The van der Waals surface area contributed by atoms with Crippen molar-refractivity contribution in [3.63, 3.8) is 0 Å². The summed E-state index contributed by atoms with van der Waals surface area (Å²) in [6.07, 6.45) is 4.33. The number of nitrogens with two attached hydrogens (primary N) is 1. The van der Waals surface area contributed by atoms with Crippen molar-refractivity contribution in [2.24, 2.45) is 5.73 Å². The van der Waals surface area contributed by atoms with Crippen LogP contribution in [-0.4, -0.2) is 23.9 Å². The second kappa shape index (κ2) is 8.21. The molecule has 0 aliphatic heterocycles.